The molecule has 0 fully saturated rings. The van der Waals surface area contributed by atoms with Crippen molar-refractivity contribution in [1.29, 1.82) is 0 Å². The van der Waals surface area contributed by atoms with Crippen LogP contribution in [0.5, 0.6) is 17.4 Å². The number of carboxylic acid groups (broad SMARTS) is 1. The molecule has 1 aromatic carbocycles. The molecule has 0 saturated heterocycles. The lowest BCUT2D eigenvalue weighted by molar-refractivity contribution is 0.0696. The lowest BCUT2D eigenvalue weighted by Gasteiger charge is -2.12. The summed E-state index contributed by atoms with van der Waals surface area (Å²) in [6.07, 6.45) is 1.29. The topological polar surface area (TPSA) is 88.9 Å². The highest BCUT2D eigenvalue weighted by atomic mass is 35.5. The van der Waals surface area contributed by atoms with Crippen LogP contribution in [0.15, 0.2) is 30.5 Å². The molecule has 0 aliphatic carbocycles. The Bertz CT molecular complexity index is 674. The molecule has 2 N–H and O–H groups in total. The number of methoxy groups -OCH3 is 1. The predicted molar refractivity (Wildman–Crippen MR) is 75.2 cm³/mol. The van der Waals surface area contributed by atoms with Gasteiger partial charge in [-0.15, -0.1) is 0 Å². The fourth-order valence-corrected chi connectivity index (χ4v) is 1.89. The van der Waals surface area contributed by atoms with Crippen molar-refractivity contribution in [3.05, 3.63) is 46.6 Å². The number of ether oxygens (including phenoxy) is 2. The molecule has 1 aromatic heterocycles. The van der Waals surface area contributed by atoms with Crippen molar-refractivity contribution in [3.63, 3.8) is 0 Å². The van der Waals surface area contributed by atoms with Gasteiger partial charge in [-0.2, -0.15) is 0 Å². The molecule has 0 radical (unpaired) electrons. The van der Waals surface area contributed by atoms with Crippen LogP contribution in [0, 0.1) is 0 Å². The van der Waals surface area contributed by atoms with E-state index in [1.165, 1.54) is 19.4 Å². The van der Waals surface area contributed by atoms with Gasteiger partial charge < -0.3 is 19.7 Å². The molecule has 1 heterocycles. The Kier molecular flexibility index (Phi) is 4.62. The smallest absolute Gasteiger partial charge is 0.337 e. The first-order chi connectivity index (χ1) is 10.1. The number of carboxylic acids is 1. The summed E-state index contributed by atoms with van der Waals surface area (Å²) < 4.78 is 10.7. The summed E-state index contributed by atoms with van der Waals surface area (Å²) in [7, 11) is 1.45. The van der Waals surface area contributed by atoms with Gasteiger partial charge in [0.25, 0.3) is 0 Å². The molecule has 0 unspecified atom stereocenters. The van der Waals surface area contributed by atoms with Crippen molar-refractivity contribution in [2.75, 3.05) is 7.11 Å². The van der Waals surface area contributed by atoms with Crippen LogP contribution in [-0.4, -0.2) is 28.3 Å². The summed E-state index contributed by atoms with van der Waals surface area (Å²) >= 11 is 5.96. The second kappa shape index (κ2) is 6.43. The van der Waals surface area contributed by atoms with Crippen LogP contribution >= 0.6 is 11.6 Å². The average Bonchev–Trinajstić information content (AvgIpc) is 2.49. The van der Waals surface area contributed by atoms with E-state index in [0.29, 0.717) is 17.1 Å². The summed E-state index contributed by atoms with van der Waals surface area (Å²) in [5, 5.41) is 18.0. The Hall–Kier alpha value is -2.31. The first kappa shape index (κ1) is 15.1. The van der Waals surface area contributed by atoms with Gasteiger partial charge >= 0.3 is 5.97 Å². The van der Waals surface area contributed by atoms with Crippen LogP contribution in [-0.2, 0) is 6.61 Å². The van der Waals surface area contributed by atoms with Gasteiger partial charge in [0.1, 0.15) is 5.02 Å². The molecule has 110 valence electrons. The standard InChI is InChI=1S/C14H12ClNO5/c1-20-11-6-8(7-17)2-3-10(11)21-13-12(15)9(14(18)19)4-5-16-13/h2-6,17H,7H2,1H3,(H,18,19). The number of aliphatic hydroxyl groups is 1. The second-order valence-corrected chi connectivity index (χ2v) is 4.41. The molecule has 0 aliphatic heterocycles. The van der Waals surface area contributed by atoms with Crippen LogP contribution in [0.2, 0.25) is 5.02 Å². The van der Waals surface area contributed by atoms with Gasteiger partial charge in [0.2, 0.25) is 5.88 Å². The monoisotopic (exact) mass is 309 g/mol. The number of aromatic carboxylic acids is 1. The molecule has 2 aromatic rings. The van der Waals surface area contributed by atoms with Gasteiger partial charge in [-0.1, -0.05) is 17.7 Å². The van der Waals surface area contributed by atoms with Crippen molar-refractivity contribution in [2.24, 2.45) is 0 Å². The number of aliphatic hydroxyl groups excluding tert-OH is 1. The van der Waals surface area contributed by atoms with Crippen molar-refractivity contribution in [2.45, 2.75) is 6.61 Å². The lowest BCUT2D eigenvalue weighted by Crippen LogP contribution is -2.01. The Morgan fingerprint density at radius 2 is 2.10 bits per heavy atom. The van der Waals surface area contributed by atoms with E-state index in [4.69, 9.17) is 31.3 Å². The Morgan fingerprint density at radius 1 is 1.33 bits per heavy atom. The molecule has 6 nitrogen and oxygen atoms in total. The van der Waals surface area contributed by atoms with E-state index in [1.807, 2.05) is 0 Å². The minimum atomic E-state index is -1.17. The van der Waals surface area contributed by atoms with Crippen LogP contribution < -0.4 is 9.47 Å². The number of pyridine rings is 1. The van der Waals surface area contributed by atoms with Gasteiger partial charge in [-0.3, -0.25) is 0 Å². The summed E-state index contributed by atoms with van der Waals surface area (Å²) in [6, 6.07) is 6.11. The predicted octanol–water partition coefficient (Wildman–Crippen LogP) is 2.73. The zero-order valence-corrected chi connectivity index (χ0v) is 11.8. The van der Waals surface area contributed by atoms with Crippen LogP contribution in [0.4, 0.5) is 0 Å². The minimum absolute atomic E-state index is 0.0355. The molecule has 0 atom stereocenters. The van der Waals surface area contributed by atoms with Crippen molar-refractivity contribution < 1.29 is 24.5 Å². The van der Waals surface area contributed by atoms with E-state index in [9.17, 15) is 4.79 Å². The van der Waals surface area contributed by atoms with E-state index < -0.39 is 5.97 Å². The molecule has 7 heteroatoms. The van der Waals surface area contributed by atoms with Crippen LogP contribution in [0.1, 0.15) is 15.9 Å². The van der Waals surface area contributed by atoms with E-state index in [0.717, 1.165) is 0 Å². The average molecular weight is 310 g/mol. The van der Waals surface area contributed by atoms with E-state index >= 15 is 0 Å². The molecular formula is C14H12ClNO5. The molecule has 0 saturated carbocycles. The largest absolute Gasteiger partial charge is 0.493 e. The maximum atomic E-state index is 11.0. The highest BCUT2D eigenvalue weighted by molar-refractivity contribution is 6.34. The van der Waals surface area contributed by atoms with Gasteiger partial charge in [-0.05, 0) is 23.8 Å². The van der Waals surface area contributed by atoms with E-state index in [1.54, 1.807) is 18.2 Å². The maximum Gasteiger partial charge on any atom is 0.337 e. The number of nitrogens with zero attached hydrogens (tertiary/aromatic N) is 1. The SMILES string of the molecule is COc1cc(CO)ccc1Oc1nccc(C(=O)O)c1Cl. The molecule has 0 bridgehead atoms. The number of benzene rings is 1. The van der Waals surface area contributed by atoms with Gasteiger partial charge in [-0.25, -0.2) is 9.78 Å². The van der Waals surface area contributed by atoms with Crippen LogP contribution in [0.25, 0.3) is 0 Å². The first-order valence-electron chi connectivity index (χ1n) is 5.90. The lowest BCUT2D eigenvalue weighted by atomic mass is 10.2. The molecule has 0 spiro atoms. The summed E-state index contributed by atoms with van der Waals surface area (Å²) in [6.45, 7) is -0.135. The van der Waals surface area contributed by atoms with Gasteiger partial charge in [0.05, 0.1) is 19.3 Å². The Labute approximate surface area is 125 Å². The Balaban J connectivity index is 2.38. The van der Waals surface area contributed by atoms with Gasteiger partial charge in [0, 0.05) is 6.20 Å². The quantitative estimate of drug-likeness (QED) is 0.882. The van der Waals surface area contributed by atoms with E-state index in [2.05, 4.69) is 4.98 Å². The fourth-order valence-electron chi connectivity index (χ4n) is 1.66. The van der Waals surface area contributed by atoms with Crippen molar-refractivity contribution in [1.82, 2.24) is 4.98 Å². The highest BCUT2D eigenvalue weighted by Crippen LogP contribution is 2.35. The first-order valence-corrected chi connectivity index (χ1v) is 6.28. The van der Waals surface area contributed by atoms with Crippen LogP contribution in [0.3, 0.4) is 0 Å². The number of hydrogen-bond donors (Lipinski definition) is 2. The normalized spacial score (nSPS) is 10.2. The summed E-state index contributed by atoms with van der Waals surface area (Å²) in [5.74, 6) is -0.520. The third-order valence-electron chi connectivity index (χ3n) is 2.70. The maximum absolute atomic E-state index is 11.0. The minimum Gasteiger partial charge on any atom is -0.493 e. The van der Waals surface area contributed by atoms with Crippen molar-refractivity contribution in [3.8, 4) is 17.4 Å². The molecule has 0 amide bonds. The fraction of sp³-hybridized carbons (Fsp3) is 0.143. The third kappa shape index (κ3) is 3.24. The zero-order valence-electron chi connectivity index (χ0n) is 11.0. The molecular weight excluding hydrogens is 298 g/mol. The summed E-state index contributed by atoms with van der Waals surface area (Å²) in [5.41, 5.74) is 0.546. The second-order valence-electron chi connectivity index (χ2n) is 4.03. The van der Waals surface area contributed by atoms with Gasteiger partial charge in [0.15, 0.2) is 11.5 Å². The number of halogens is 1. The zero-order chi connectivity index (χ0) is 15.4. The number of aromatic nitrogens is 1. The number of hydrogen-bond acceptors (Lipinski definition) is 5. The molecule has 21 heavy (non-hydrogen) atoms. The number of rotatable bonds is 5. The highest BCUT2D eigenvalue weighted by Gasteiger charge is 2.16. The third-order valence-corrected chi connectivity index (χ3v) is 3.07. The molecule has 2 rings (SSSR count). The number of carbonyl (C=O) groups is 1. The molecule has 0 aliphatic rings. The van der Waals surface area contributed by atoms with Crippen molar-refractivity contribution >= 4 is 17.6 Å². The Morgan fingerprint density at radius 3 is 2.71 bits per heavy atom. The van der Waals surface area contributed by atoms with E-state index in [-0.39, 0.29) is 23.1 Å². The summed E-state index contributed by atoms with van der Waals surface area (Å²) in [4.78, 5) is 14.9.